The highest BCUT2D eigenvalue weighted by molar-refractivity contribution is 6.33. The zero-order valence-electron chi connectivity index (χ0n) is 10.6. The number of fused-ring (bicyclic) bond motifs is 1. The smallest absolute Gasteiger partial charge is 0.134 e. The van der Waals surface area contributed by atoms with Gasteiger partial charge in [-0.15, -0.1) is 0 Å². The second kappa shape index (κ2) is 5.28. The Hall–Kier alpha value is -2.44. The normalized spacial score (nSPS) is 10.4. The maximum absolute atomic E-state index is 8.80. The molecule has 0 radical (unpaired) electrons. The largest absolute Gasteiger partial charge is 0.459 e. The molecule has 0 unspecified atom stereocenters. The summed E-state index contributed by atoms with van der Waals surface area (Å²) in [5.41, 5.74) is 2.20. The Bertz CT molecular complexity index is 769. The summed E-state index contributed by atoms with van der Waals surface area (Å²) in [6.07, 6.45) is 0. The Morgan fingerprint density at radius 1 is 1.15 bits per heavy atom. The molecule has 3 nitrogen and oxygen atoms in total. The number of hydrogen-bond donors (Lipinski definition) is 1. The van der Waals surface area contributed by atoms with Crippen molar-refractivity contribution >= 4 is 28.3 Å². The average Bonchev–Trinajstić information content (AvgIpc) is 2.88. The predicted octanol–water partition coefficient (Wildman–Crippen LogP) is 4.57. The molecule has 1 heterocycles. The summed E-state index contributed by atoms with van der Waals surface area (Å²) in [6.45, 7) is 0.542. The van der Waals surface area contributed by atoms with Crippen molar-refractivity contribution in [1.29, 1.82) is 5.26 Å². The van der Waals surface area contributed by atoms with E-state index < -0.39 is 0 Å². The van der Waals surface area contributed by atoms with Gasteiger partial charge in [-0.3, -0.25) is 0 Å². The average molecular weight is 283 g/mol. The van der Waals surface area contributed by atoms with Crippen LogP contribution in [0.2, 0.25) is 5.02 Å². The van der Waals surface area contributed by atoms with Gasteiger partial charge in [0.15, 0.2) is 0 Å². The highest BCUT2D eigenvalue weighted by Crippen LogP contribution is 2.24. The van der Waals surface area contributed by atoms with Gasteiger partial charge in [-0.1, -0.05) is 29.8 Å². The van der Waals surface area contributed by atoms with E-state index in [2.05, 4.69) is 11.4 Å². The molecule has 2 aromatic carbocycles. The fraction of sp³-hybridized carbons (Fsp3) is 0.0625. The molecule has 0 saturated heterocycles. The van der Waals surface area contributed by atoms with E-state index in [1.54, 1.807) is 18.2 Å². The van der Waals surface area contributed by atoms with Crippen LogP contribution in [0.15, 0.2) is 52.9 Å². The zero-order chi connectivity index (χ0) is 13.9. The standard InChI is InChI=1S/C16H11ClN2O/c17-14-7-11(9-18)5-6-15(14)19-10-13-8-12-3-1-2-4-16(12)20-13/h1-8,19H,10H2. The number of halogens is 1. The molecule has 0 amide bonds. The molecule has 0 fully saturated rings. The molecule has 98 valence electrons. The van der Waals surface area contributed by atoms with E-state index in [1.165, 1.54) is 0 Å². The van der Waals surface area contributed by atoms with Crippen molar-refractivity contribution in [3.8, 4) is 6.07 Å². The predicted molar refractivity (Wildman–Crippen MR) is 79.7 cm³/mol. The van der Waals surface area contributed by atoms with Gasteiger partial charge in [0.05, 0.1) is 28.9 Å². The Kier molecular flexibility index (Phi) is 3.32. The number of furan rings is 1. The molecule has 0 saturated carbocycles. The van der Waals surface area contributed by atoms with Crippen LogP contribution in [0.3, 0.4) is 0 Å². The van der Waals surface area contributed by atoms with Crippen molar-refractivity contribution in [3.63, 3.8) is 0 Å². The summed E-state index contributed by atoms with van der Waals surface area (Å²) >= 11 is 6.11. The maximum Gasteiger partial charge on any atom is 0.134 e. The molecule has 0 aliphatic rings. The van der Waals surface area contributed by atoms with Crippen molar-refractivity contribution in [2.24, 2.45) is 0 Å². The van der Waals surface area contributed by atoms with E-state index in [0.717, 1.165) is 22.4 Å². The van der Waals surface area contributed by atoms with Gasteiger partial charge in [0.25, 0.3) is 0 Å². The summed E-state index contributed by atoms with van der Waals surface area (Å²) in [5, 5.41) is 13.6. The molecule has 0 bridgehead atoms. The molecule has 1 N–H and O–H groups in total. The van der Waals surface area contributed by atoms with Gasteiger partial charge in [0.2, 0.25) is 0 Å². The molecule has 20 heavy (non-hydrogen) atoms. The molecule has 1 aromatic heterocycles. The summed E-state index contributed by atoms with van der Waals surface area (Å²) in [7, 11) is 0. The summed E-state index contributed by atoms with van der Waals surface area (Å²) in [4.78, 5) is 0. The van der Waals surface area contributed by atoms with Gasteiger partial charge in [0.1, 0.15) is 11.3 Å². The molecule has 0 spiro atoms. The van der Waals surface area contributed by atoms with Crippen molar-refractivity contribution in [2.75, 3.05) is 5.32 Å². The van der Waals surface area contributed by atoms with E-state index in [9.17, 15) is 0 Å². The third-order valence-electron chi connectivity index (χ3n) is 3.03. The number of nitrogens with one attached hydrogen (secondary N) is 1. The SMILES string of the molecule is N#Cc1ccc(NCc2cc3ccccc3o2)c(Cl)c1. The van der Waals surface area contributed by atoms with Crippen molar-refractivity contribution in [1.82, 2.24) is 0 Å². The third kappa shape index (κ3) is 2.47. The molecule has 4 heteroatoms. The zero-order valence-corrected chi connectivity index (χ0v) is 11.3. The maximum atomic E-state index is 8.80. The molecular weight excluding hydrogens is 272 g/mol. The van der Waals surface area contributed by atoms with Gasteiger partial charge in [-0.05, 0) is 30.3 Å². The van der Waals surface area contributed by atoms with Gasteiger partial charge < -0.3 is 9.73 Å². The van der Waals surface area contributed by atoms with Gasteiger partial charge in [0, 0.05) is 5.39 Å². The van der Waals surface area contributed by atoms with Gasteiger partial charge in [-0.2, -0.15) is 5.26 Å². The number of hydrogen-bond acceptors (Lipinski definition) is 3. The molecule has 0 aliphatic heterocycles. The minimum Gasteiger partial charge on any atom is -0.459 e. The van der Waals surface area contributed by atoms with Crippen LogP contribution in [0.25, 0.3) is 11.0 Å². The number of rotatable bonds is 3. The first-order valence-corrected chi connectivity index (χ1v) is 6.55. The number of nitriles is 1. The summed E-state index contributed by atoms with van der Waals surface area (Å²) < 4.78 is 5.72. The molecule has 3 aromatic rings. The van der Waals surface area contributed by atoms with E-state index in [4.69, 9.17) is 21.3 Å². The first kappa shape index (κ1) is 12.6. The third-order valence-corrected chi connectivity index (χ3v) is 3.34. The van der Waals surface area contributed by atoms with Crippen LogP contribution in [0.1, 0.15) is 11.3 Å². The highest BCUT2D eigenvalue weighted by Gasteiger charge is 2.05. The lowest BCUT2D eigenvalue weighted by molar-refractivity contribution is 0.559. The minimum absolute atomic E-state index is 0.528. The first-order valence-electron chi connectivity index (χ1n) is 6.17. The molecule has 0 aliphatic carbocycles. The van der Waals surface area contributed by atoms with Crippen LogP contribution in [0, 0.1) is 11.3 Å². The topological polar surface area (TPSA) is 49.0 Å². The van der Waals surface area contributed by atoms with E-state index in [0.29, 0.717) is 17.1 Å². The number of para-hydroxylation sites is 1. The van der Waals surface area contributed by atoms with E-state index in [1.807, 2.05) is 30.3 Å². The van der Waals surface area contributed by atoms with Gasteiger partial charge in [-0.25, -0.2) is 0 Å². The lowest BCUT2D eigenvalue weighted by Gasteiger charge is -2.06. The monoisotopic (exact) mass is 282 g/mol. The van der Waals surface area contributed by atoms with Crippen LogP contribution >= 0.6 is 11.6 Å². The Morgan fingerprint density at radius 2 is 2.00 bits per heavy atom. The first-order chi connectivity index (χ1) is 9.76. The Labute approximate surface area is 121 Å². The second-order valence-corrected chi connectivity index (χ2v) is 4.82. The quantitative estimate of drug-likeness (QED) is 0.765. The van der Waals surface area contributed by atoms with Crippen LogP contribution in [-0.2, 0) is 6.54 Å². The van der Waals surface area contributed by atoms with Gasteiger partial charge >= 0.3 is 0 Å². The fourth-order valence-corrected chi connectivity index (χ4v) is 2.28. The Morgan fingerprint density at radius 3 is 2.75 bits per heavy atom. The second-order valence-electron chi connectivity index (χ2n) is 4.41. The minimum atomic E-state index is 0.528. The lowest BCUT2D eigenvalue weighted by Crippen LogP contribution is -1.98. The lowest BCUT2D eigenvalue weighted by atomic mass is 10.2. The fourth-order valence-electron chi connectivity index (χ4n) is 2.03. The number of anilines is 1. The van der Waals surface area contributed by atoms with E-state index in [-0.39, 0.29) is 0 Å². The van der Waals surface area contributed by atoms with E-state index >= 15 is 0 Å². The van der Waals surface area contributed by atoms with Crippen molar-refractivity contribution in [2.45, 2.75) is 6.54 Å². The van der Waals surface area contributed by atoms with Crippen LogP contribution < -0.4 is 5.32 Å². The number of nitrogens with zero attached hydrogens (tertiary/aromatic N) is 1. The molecule has 0 atom stereocenters. The summed E-state index contributed by atoms with van der Waals surface area (Å²) in [5.74, 6) is 0.839. The summed E-state index contributed by atoms with van der Waals surface area (Å²) in [6, 6.07) is 17.1. The highest BCUT2D eigenvalue weighted by atomic mass is 35.5. The number of benzene rings is 2. The molecular formula is C16H11ClN2O. The molecule has 3 rings (SSSR count). The van der Waals surface area contributed by atoms with Crippen LogP contribution in [0.5, 0.6) is 0 Å². The van der Waals surface area contributed by atoms with Crippen molar-refractivity contribution in [3.05, 3.63) is 64.9 Å². The van der Waals surface area contributed by atoms with Crippen LogP contribution in [0.4, 0.5) is 5.69 Å². The van der Waals surface area contributed by atoms with Crippen molar-refractivity contribution < 1.29 is 4.42 Å². The van der Waals surface area contributed by atoms with Crippen LogP contribution in [-0.4, -0.2) is 0 Å². The Balaban J connectivity index is 1.77.